The summed E-state index contributed by atoms with van der Waals surface area (Å²) in [5.41, 5.74) is 6.29. The average Bonchev–Trinajstić information content (AvgIpc) is 3.14. The molecule has 4 aromatic carbocycles. The number of hydrogen-bond donors (Lipinski definition) is 1. The van der Waals surface area contributed by atoms with Crippen LogP contribution in [-0.2, 0) is 29.5 Å². The van der Waals surface area contributed by atoms with Crippen LogP contribution in [0.1, 0.15) is 79.2 Å². The Morgan fingerprint density at radius 3 is 2.08 bits per heavy atom. The van der Waals surface area contributed by atoms with Crippen LogP contribution in [-0.4, -0.2) is 50.2 Å². The predicted molar refractivity (Wildman–Crippen MR) is 202 cm³/mol. The van der Waals surface area contributed by atoms with E-state index in [-0.39, 0.29) is 41.5 Å². The number of nitrogens with zero attached hydrogens (tertiary/aromatic N) is 1. The molecule has 0 bridgehead atoms. The van der Waals surface area contributed by atoms with Gasteiger partial charge in [-0.15, -0.1) is 12.4 Å². The molecule has 5 nitrogen and oxygen atoms in total. The largest absolute Gasteiger partial charge is 0.493 e. The quantitative estimate of drug-likeness (QED) is 0.134. The number of piperidine rings is 1. The zero-order chi connectivity index (χ0) is 34.1. The number of hydrogen-bond acceptors (Lipinski definition) is 4. The molecule has 1 atom stereocenters. The molecule has 7 heteroatoms. The Balaban J connectivity index is 0.00000486. The maximum atomic E-state index is 13.3. The molecule has 1 fully saturated rings. The van der Waals surface area contributed by atoms with Crippen LogP contribution in [0.25, 0.3) is 0 Å². The Morgan fingerprint density at radius 2 is 1.44 bits per heavy atom. The van der Waals surface area contributed by atoms with Gasteiger partial charge in [-0.3, -0.25) is 9.69 Å². The van der Waals surface area contributed by atoms with E-state index in [0.29, 0.717) is 6.54 Å². The fraction of sp³-hybridized carbons (Fsp3) is 0.419. The summed E-state index contributed by atoms with van der Waals surface area (Å²) in [5, 5.41) is 3.13. The first-order valence-electron chi connectivity index (χ1n) is 18.1. The molecule has 1 saturated heterocycles. The highest BCUT2D eigenvalue weighted by atomic mass is 35.5. The first kappa shape index (κ1) is 37.4. The number of carbonyl (C=O) groups excluding carboxylic acids is 1. The molecule has 1 spiro atoms. The van der Waals surface area contributed by atoms with Gasteiger partial charge in [-0.1, -0.05) is 79.2 Å². The van der Waals surface area contributed by atoms with Gasteiger partial charge in [0.1, 0.15) is 5.82 Å². The summed E-state index contributed by atoms with van der Waals surface area (Å²) >= 11 is 0. The normalized spacial score (nSPS) is 17.4. The second kappa shape index (κ2) is 17.4. The summed E-state index contributed by atoms with van der Waals surface area (Å²) in [6.45, 7) is 2.81. The topological polar surface area (TPSA) is 50.8 Å². The van der Waals surface area contributed by atoms with Gasteiger partial charge in [-0.05, 0) is 123 Å². The van der Waals surface area contributed by atoms with Crippen molar-refractivity contribution in [3.63, 3.8) is 0 Å². The molecule has 1 aliphatic carbocycles. The van der Waals surface area contributed by atoms with Crippen LogP contribution >= 0.6 is 12.4 Å². The Kier molecular flexibility index (Phi) is 13.0. The molecule has 0 saturated carbocycles. The first-order valence-corrected chi connectivity index (χ1v) is 18.1. The number of carbonyl (C=O) groups is 1. The van der Waals surface area contributed by atoms with E-state index < -0.39 is 0 Å². The van der Waals surface area contributed by atoms with Gasteiger partial charge in [-0.25, -0.2) is 4.39 Å². The number of fused-ring (bicyclic) bond motifs is 1. The number of rotatable bonds is 14. The van der Waals surface area contributed by atoms with E-state index in [2.05, 4.69) is 83.0 Å². The summed E-state index contributed by atoms with van der Waals surface area (Å²) in [4.78, 5) is 15.6. The lowest BCUT2D eigenvalue weighted by Crippen LogP contribution is -2.55. The van der Waals surface area contributed by atoms with Crippen LogP contribution < -0.4 is 14.8 Å². The molecule has 0 radical (unpaired) electrons. The van der Waals surface area contributed by atoms with Crippen LogP contribution in [0.15, 0.2) is 97.1 Å². The average molecular weight is 699 g/mol. The van der Waals surface area contributed by atoms with E-state index in [1.54, 1.807) is 26.4 Å². The van der Waals surface area contributed by atoms with E-state index in [9.17, 15) is 9.18 Å². The summed E-state index contributed by atoms with van der Waals surface area (Å²) in [7, 11) is 3.44. The highest BCUT2D eigenvalue weighted by molar-refractivity contribution is 5.85. The van der Waals surface area contributed by atoms with Crippen molar-refractivity contribution in [3.8, 4) is 11.5 Å². The van der Waals surface area contributed by atoms with E-state index in [0.717, 1.165) is 68.7 Å². The number of ether oxygens (including phenoxy) is 2. The standard InChI is InChI=1S/C43H51FN2O3.ClH/c1-48-39-30-34-21-25-42(32-35(34)31-40(39)49-2)22-9-10-27-46(42)28-12-24-43(36-13-5-3-6-14-36,37-15-7-4-8-16-37)23-11-26-45-41(47)29-33-17-19-38(44)20-18-33;/h3-8,13-20,30-31H,9-12,21-29,32H2,1-2H3,(H,45,47);1H. The van der Waals surface area contributed by atoms with Crippen molar-refractivity contribution in [2.24, 2.45) is 0 Å². The van der Waals surface area contributed by atoms with Gasteiger partial charge in [0.25, 0.3) is 0 Å². The summed E-state index contributed by atoms with van der Waals surface area (Å²) in [6, 6.07) is 32.5. The summed E-state index contributed by atoms with van der Waals surface area (Å²) < 4.78 is 24.7. The second-order valence-electron chi connectivity index (χ2n) is 14.0. The van der Waals surface area contributed by atoms with Gasteiger partial charge in [0.05, 0.1) is 20.6 Å². The molecule has 4 aromatic rings. The van der Waals surface area contributed by atoms with E-state index in [1.165, 1.54) is 60.1 Å². The van der Waals surface area contributed by atoms with Crippen molar-refractivity contribution in [1.29, 1.82) is 0 Å². The minimum Gasteiger partial charge on any atom is -0.493 e. The minimum absolute atomic E-state index is 0. The van der Waals surface area contributed by atoms with Crippen LogP contribution in [0.5, 0.6) is 11.5 Å². The third-order valence-corrected chi connectivity index (χ3v) is 11.1. The molecule has 2 aliphatic rings. The zero-order valence-corrected chi connectivity index (χ0v) is 30.4. The highest BCUT2D eigenvalue weighted by Gasteiger charge is 2.42. The molecule has 1 aliphatic heterocycles. The fourth-order valence-electron chi connectivity index (χ4n) is 8.58. The van der Waals surface area contributed by atoms with Gasteiger partial charge < -0.3 is 14.8 Å². The first-order chi connectivity index (χ1) is 23.9. The van der Waals surface area contributed by atoms with Crippen molar-refractivity contribution < 1.29 is 18.7 Å². The fourth-order valence-corrected chi connectivity index (χ4v) is 8.58. The molecule has 1 unspecified atom stereocenters. The second-order valence-corrected chi connectivity index (χ2v) is 14.0. The Bertz CT molecular complexity index is 1630. The third kappa shape index (κ3) is 8.52. The molecular formula is C43H52ClFN2O3. The van der Waals surface area contributed by atoms with Gasteiger partial charge in [0.2, 0.25) is 5.91 Å². The molecule has 50 heavy (non-hydrogen) atoms. The predicted octanol–water partition coefficient (Wildman–Crippen LogP) is 8.88. The number of benzene rings is 4. The van der Waals surface area contributed by atoms with Crippen molar-refractivity contribution in [1.82, 2.24) is 10.2 Å². The Morgan fingerprint density at radius 1 is 0.820 bits per heavy atom. The molecule has 1 heterocycles. The number of methoxy groups -OCH3 is 2. The lowest BCUT2D eigenvalue weighted by Gasteiger charge is -2.50. The van der Waals surface area contributed by atoms with E-state index >= 15 is 0 Å². The van der Waals surface area contributed by atoms with Crippen LogP contribution in [0.2, 0.25) is 0 Å². The number of halogens is 2. The zero-order valence-electron chi connectivity index (χ0n) is 29.6. The van der Waals surface area contributed by atoms with Crippen LogP contribution in [0, 0.1) is 5.82 Å². The van der Waals surface area contributed by atoms with Crippen LogP contribution in [0.3, 0.4) is 0 Å². The SMILES string of the molecule is COc1cc2c(cc1OC)CC1(CCCCN1CCCC(CCCNC(=O)Cc1ccc(F)cc1)(c1ccccc1)c1ccccc1)CC2.Cl. The van der Waals surface area contributed by atoms with Gasteiger partial charge in [0.15, 0.2) is 11.5 Å². The molecule has 0 aromatic heterocycles. The van der Waals surface area contributed by atoms with Crippen LogP contribution in [0.4, 0.5) is 4.39 Å². The summed E-state index contributed by atoms with van der Waals surface area (Å²) in [6.07, 6.45) is 11.2. The Labute approximate surface area is 304 Å². The van der Waals surface area contributed by atoms with Crippen molar-refractivity contribution >= 4 is 18.3 Å². The molecule has 1 N–H and O–H groups in total. The van der Waals surface area contributed by atoms with Gasteiger partial charge >= 0.3 is 0 Å². The van der Waals surface area contributed by atoms with Crippen molar-refractivity contribution in [3.05, 3.63) is 131 Å². The Hall–Kier alpha value is -3.87. The summed E-state index contributed by atoms with van der Waals surface area (Å²) in [5.74, 6) is 1.33. The maximum Gasteiger partial charge on any atom is 0.224 e. The van der Waals surface area contributed by atoms with Gasteiger partial charge in [-0.2, -0.15) is 0 Å². The smallest absolute Gasteiger partial charge is 0.224 e. The van der Waals surface area contributed by atoms with Crippen molar-refractivity contribution in [2.45, 2.75) is 81.6 Å². The molecule has 266 valence electrons. The van der Waals surface area contributed by atoms with Gasteiger partial charge in [0, 0.05) is 17.5 Å². The molecular weight excluding hydrogens is 647 g/mol. The monoisotopic (exact) mass is 698 g/mol. The number of amides is 1. The highest BCUT2D eigenvalue weighted by Crippen LogP contribution is 2.45. The van der Waals surface area contributed by atoms with Crippen molar-refractivity contribution in [2.75, 3.05) is 33.9 Å². The minimum atomic E-state index is -0.288. The number of aryl methyl sites for hydroxylation is 1. The lowest BCUT2D eigenvalue weighted by atomic mass is 9.68. The third-order valence-electron chi connectivity index (χ3n) is 11.1. The van der Waals surface area contributed by atoms with E-state index in [1.807, 2.05) is 0 Å². The maximum absolute atomic E-state index is 13.3. The molecule has 6 rings (SSSR count). The lowest BCUT2D eigenvalue weighted by molar-refractivity contribution is -0.120. The molecule has 1 amide bonds. The van der Waals surface area contributed by atoms with E-state index in [4.69, 9.17) is 9.47 Å². The number of nitrogens with one attached hydrogen (secondary N) is 1. The number of likely N-dealkylation sites (tertiary alicyclic amines) is 1.